The fourth-order valence-corrected chi connectivity index (χ4v) is 4.01. The SMILES string of the molecule is Cc1c(CF)cccc1Cn1c(C(F)F)nc2c(B(O)O)cc(N3CCOCC3)cc21. The summed E-state index contributed by atoms with van der Waals surface area (Å²) in [6.07, 6.45) is -2.87. The number of anilines is 1. The lowest BCUT2D eigenvalue weighted by atomic mass is 9.79. The Kier molecular flexibility index (Phi) is 6.22. The van der Waals surface area contributed by atoms with E-state index in [0.29, 0.717) is 54.2 Å². The third-order valence-corrected chi connectivity index (χ3v) is 5.78. The van der Waals surface area contributed by atoms with Crippen LogP contribution < -0.4 is 10.4 Å². The molecule has 1 fully saturated rings. The van der Waals surface area contributed by atoms with E-state index in [1.807, 2.05) is 4.90 Å². The van der Waals surface area contributed by atoms with Gasteiger partial charge in [0.05, 0.1) is 24.2 Å². The van der Waals surface area contributed by atoms with Crippen LogP contribution in [0.15, 0.2) is 30.3 Å². The number of ether oxygens (including phenoxy) is 1. The highest BCUT2D eigenvalue weighted by Gasteiger charge is 2.27. The lowest BCUT2D eigenvalue weighted by Gasteiger charge is -2.29. The van der Waals surface area contributed by atoms with Crippen molar-refractivity contribution < 1.29 is 28.0 Å². The van der Waals surface area contributed by atoms with Crippen LogP contribution in [-0.2, 0) is 18.0 Å². The predicted octanol–water partition coefficient (Wildman–Crippen LogP) is 2.32. The molecule has 2 aromatic carbocycles. The summed E-state index contributed by atoms with van der Waals surface area (Å²) in [4.78, 5) is 6.07. The van der Waals surface area contributed by atoms with E-state index < -0.39 is 26.0 Å². The van der Waals surface area contributed by atoms with E-state index in [1.54, 1.807) is 37.3 Å². The van der Waals surface area contributed by atoms with E-state index >= 15 is 0 Å². The third kappa shape index (κ3) is 4.15. The molecule has 0 spiro atoms. The zero-order chi connectivity index (χ0) is 22.1. The summed E-state index contributed by atoms with van der Waals surface area (Å²) in [6, 6.07) is 8.43. The van der Waals surface area contributed by atoms with Gasteiger partial charge in [-0.1, -0.05) is 18.2 Å². The second-order valence-corrected chi connectivity index (χ2v) is 7.57. The van der Waals surface area contributed by atoms with Crippen LogP contribution in [0, 0.1) is 6.92 Å². The number of fused-ring (bicyclic) bond motifs is 1. The maximum absolute atomic E-state index is 13.9. The Bertz CT molecular complexity index is 1080. The van der Waals surface area contributed by atoms with Gasteiger partial charge < -0.3 is 24.3 Å². The first-order chi connectivity index (χ1) is 14.9. The van der Waals surface area contributed by atoms with Crippen LogP contribution in [-0.4, -0.2) is 53.0 Å². The maximum atomic E-state index is 13.9. The first-order valence-corrected chi connectivity index (χ1v) is 10.0. The number of benzene rings is 2. The number of hydrogen-bond acceptors (Lipinski definition) is 5. The summed E-state index contributed by atoms with van der Waals surface area (Å²) in [5.74, 6) is -0.471. The molecule has 3 aromatic rings. The van der Waals surface area contributed by atoms with Gasteiger partial charge in [-0.05, 0) is 35.7 Å². The summed E-state index contributed by atoms with van der Waals surface area (Å²) in [7, 11) is -1.87. The molecule has 0 aliphatic carbocycles. The topological polar surface area (TPSA) is 70.8 Å². The molecule has 0 amide bonds. The van der Waals surface area contributed by atoms with Crippen LogP contribution in [0.2, 0.25) is 0 Å². The van der Waals surface area contributed by atoms with Gasteiger partial charge in [-0.15, -0.1) is 0 Å². The summed E-state index contributed by atoms with van der Waals surface area (Å²) >= 11 is 0. The van der Waals surface area contributed by atoms with Crippen LogP contribution in [0.25, 0.3) is 11.0 Å². The molecule has 0 unspecified atom stereocenters. The molecule has 4 rings (SSSR count). The van der Waals surface area contributed by atoms with Gasteiger partial charge in [0.25, 0.3) is 6.43 Å². The predicted molar refractivity (Wildman–Crippen MR) is 113 cm³/mol. The highest BCUT2D eigenvalue weighted by atomic mass is 19.3. The van der Waals surface area contributed by atoms with E-state index in [1.165, 1.54) is 4.57 Å². The smallest absolute Gasteiger partial charge is 0.423 e. The summed E-state index contributed by atoms with van der Waals surface area (Å²) in [5.41, 5.74) is 3.11. The minimum absolute atomic E-state index is 0.0589. The molecular weight excluding hydrogens is 410 g/mol. The Balaban J connectivity index is 1.90. The minimum Gasteiger partial charge on any atom is -0.423 e. The number of hydrogen-bond donors (Lipinski definition) is 2. The Morgan fingerprint density at radius 3 is 2.52 bits per heavy atom. The van der Waals surface area contributed by atoms with Crippen molar-refractivity contribution in [2.75, 3.05) is 31.2 Å². The van der Waals surface area contributed by atoms with Crippen LogP contribution in [0.4, 0.5) is 18.9 Å². The third-order valence-electron chi connectivity index (χ3n) is 5.78. The van der Waals surface area contributed by atoms with Gasteiger partial charge in [-0.25, -0.2) is 18.2 Å². The fourth-order valence-electron chi connectivity index (χ4n) is 4.01. The van der Waals surface area contributed by atoms with E-state index in [4.69, 9.17) is 4.74 Å². The van der Waals surface area contributed by atoms with Gasteiger partial charge in [0.15, 0.2) is 5.82 Å². The van der Waals surface area contributed by atoms with Crippen LogP contribution in [0.1, 0.15) is 28.9 Å². The highest BCUT2D eigenvalue weighted by molar-refractivity contribution is 6.61. The van der Waals surface area contributed by atoms with Crippen LogP contribution in [0.3, 0.4) is 0 Å². The minimum atomic E-state index is -2.87. The van der Waals surface area contributed by atoms with Gasteiger partial charge in [-0.2, -0.15) is 0 Å². The molecule has 1 aromatic heterocycles. The summed E-state index contributed by atoms with van der Waals surface area (Å²) in [6.45, 7) is 3.41. The molecule has 0 atom stereocenters. The van der Waals surface area contributed by atoms with Crippen molar-refractivity contribution in [3.05, 3.63) is 52.8 Å². The Morgan fingerprint density at radius 1 is 1.16 bits per heavy atom. The van der Waals surface area contributed by atoms with E-state index in [2.05, 4.69) is 4.98 Å². The van der Waals surface area contributed by atoms with Crippen molar-refractivity contribution in [2.24, 2.45) is 0 Å². The lowest BCUT2D eigenvalue weighted by molar-refractivity contribution is 0.122. The van der Waals surface area contributed by atoms with Gasteiger partial charge in [0, 0.05) is 30.8 Å². The molecular formula is C21H23BF3N3O3. The van der Waals surface area contributed by atoms with E-state index in [-0.39, 0.29) is 17.5 Å². The molecule has 0 saturated carbocycles. The van der Waals surface area contributed by atoms with Crippen molar-refractivity contribution >= 4 is 29.3 Å². The quantitative estimate of drug-likeness (QED) is 0.584. The van der Waals surface area contributed by atoms with Crippen molar-refractivity contribution in [3.8, 4) is 0 Å². The maximum Gasteiger partial charge on any atom is 0.490 e. The number of alkyl halides is 3. The van der Waals surface area contributed by atoms with Crippen molar-refractivity contribution in [1.29, 1.82) is 0 Å². The first-order valence-electron chi connectivity index (χ1n) is 10.0. The number of halogens is 3. The molecule has 31 heavy (non-hydrogen) atoms. The zero-order valence-corrected chi connectivity index (χ0v) is 17.1. The van der Waals surface area contributed by atoms with Gasteiger partial charge in [0.1, 0.15) is 6.67 Å². The molecule has 2 N–H and O–H groups in total. The summed E-state index contributed by atoms with van der Waals surface area (Å²) < 4.78 is 47.9. The Hall–Kier alpha value is -2.56. The zero-order valence-electron chi connectivity index (χ0n) is 17.1. The normalized spacial score (nSPS) is 14.6. The molecule has 6 nitrogen and oxygen atoms in total. The monoisotopic (exact) mass is 433 g/mol. The number of nitrogens with zero attached hydrogens (tertiary/aromatic N) is 3. The van der Waals surface area contributed by atoms with Crippen LogP contribution in [0.5, 0.6) is 0 Å². The van der Waals surface area contributed by atoms with Gasteiger partial charge >= 0.3 is 7.12 Å². The molecule has 0 radical (unpaired) electrons. The van der Waals surface area contributed by atoms with Crippen molar-refractivity contribution in [2.45, 2.75) is 26.6 Å². The van der Waals surface area contributed by atoms with E-state index in [9.17, 15) is 23.2 Å². The number of aromatic nitrogens is 2. The Morgan fingerprint density at radius 2 is 1.87 bits per heavy atom. The molecule has 2 heterocycles. The highest BCUT2D eigenvalue weighted by Crippen LogP contribution is 2.29. The molecule has 1 saturated heterocycles. The molecule has 1 aliphatic heterocycles. The second kappa shape index (κ2) is 8.90. The first kappa shape index (κ1) is 21.7. The Labute approximate surface area is 178 Å². The molecule has 164 valence electrons. The average Bonchev–Trinajstić information content (AvgIpc) is 3.13. The molecule has 0 bridgehead atoms. The molecule has 10 heteroatoms. The number of rotatable bonds is 6. The van der Waals surface area contributed by atoms with Gasteiger partial charge in [0.2, 0.25) is 0 Å². The largest absolute Gasteiger partial charge is 0.490 e. The molecule has 1 aliphatic rings. The standard InChI is InChI=1S/C21H23BF3N3O3/c1-13-14(11-23)3-2-4-15(13)12-28-18-10-16(27-5-7-31-8-6-27)9-17(22(29)30)19(18)26-21(28)20(24)25/h2-4,9-10,20,29-30H,5-8,11-12H2,1H3. The van der Waals surface area contributed by atoms with E-state index in [0.717, 1.165) is 0 Å². The van der Waals surface area contributed by atoms with Crippen LogP contribution >= 0.6 is 0 Å². The fraction of sp³-hybridized carbons (Fsp3) is 0.381. The van der Waals surface area contributed by atoms with Gasteiger partial charge in [-0.3, -0.25) is 0 Å². The summed E-state index contributed by atoms with van der Waals surface area (Å²) in [5, 5.41) is 19.8. The second-order valence-electron chi connectivity index (χ2n) is 7.57. The van der Waals surface area contributed by atoms with Crippen molar-refractivity contribution in [1.82, 2.24) is 9.55 Å². The average molecular weight is 433 g/mol. The number of morpholine rings is 1. The van der Waals surface area contributed by atoms with Crippen molar-refractivity contribution in [3.63, 3.8) is 0 Å². The number of imidazole rings is 1. The lowest BCUT2D eigenvalue weighted by Crippen LogP contribution is -2.38.